The van der Waals surface area contributed by atoms with E-state index < -0.39 is 0 Å². The average Bonchev–Trinajstić information content (AvgIpc) is 3.23. The van der Waals surface area contributed by atoms with Crippen molar-refractivity contribution in [3.05, 3.63) is 48.0 Å². The number of anilines is 2. The minimum Gasteiger partial charge on any atom is -0.497 e. The fourth-order valence-electron chi connectivity index (χ4n) is 2.82. The molecule has 1 saturated heterocycles. The Bertz CT molecular complexity index is 1040. The first-order valence-electron chi connectivity index (χ1n) is 8.27. The molecule has 0 spiro atoms. The minimum atomic E-state index is -0.259. The maximum Gasteiger partial charge on any atom is 0.255 e. The van der Waals surface area contributed by atoms with Gasteiger partial charge in [0.25, 0.3) is 5.91 Å². The normalized spacial score (nSPS) is 14.0. The van der Waals surface area contributed by atoms with Gasteiger partial charge in [0.05, 0.1) is 17.3 Å². The highest BCUT2D eigenvalue weighted by atomic mass is 32.1. The molecule has 0 atom stereocenters. The molecule has 0 bridgehead atoms. The highest BCUT2D eigenvalue weighted by molar-refractivity contribution is 7.22. The van der Waals surface area contributed by atoms with Crippen LogP contribution in [0, 0.1) is 0 Å². The molecule has 0 unspecified atom stereocenters. The summed E-state index contributed by atoms with van der Waals surface area (Å²) in [6.07, 6.45) is 0.425. The van der Waals surface area contributed by atoms with Gasteiger partial charge >= 0.3 is 0 Å². The second kappa shape index (κ2) is 6.81. The summed E-state index contributed by atoms with van der Waals surface area (Å²) in [5, 5.41) is 3.17. The summed E-state index contributed by atoms with van der Waals surface area (Å²) in [6, 6.07) is 12.1. The number of nitrogens with zero attached hydrogens (tertiary/aromatic N) is 2. The van der Waals surface area contributed by atoms with Gasteiger partial charge in [-0.1, -0.05) is 11.3 Å². The highest BCUT2D eigenvalue weighted by Gasteiger charge is 2.32. The third-order valence-corrected chi connectivity index (χ3v) is 5.23. The fourth-order valence-corrected chi connectivity index (χ4v) is 3.86. The summed E-state index contributed by atoms with van der Waals surface area (Å²) in [7, 11) is 1.58. The van der Waals surface area contributed by atoms with Crippen LogP contribution in [0.5, 0.6) is 5.75 Å². The zero-order valence-electron chi connectivity index (χ0n) is 14.4. The molecule has 0 radical (unpaired) electrons. The first kappa shape index (κ1) is 17.2. The lowest BCUT2D eigenvalue weighted by Gasteiger charge is -2.07. The second-order valence-electron chi connectivity index (χ2n) is 5.98. The van der Waals surface area contributed by atoms with Gasteiger partial charge in [0.1, 0.15) is 5.75 Å². The van der Waals surface area contributed by atoms with E-state index in [1.165, 1.54) is 11.3 Å². The van der Waals surface area contributed by atoms with Crippen molar-refractivity contribution in [3.8, 4) is 5.75 Å². The zero-order valence-corrected chi connectivity index (χ0v) is 15.2. The number of carbonyl (C=O) groups excluding carboxylic acids is 3. The number of imide groups is 1. The standard InChI is InChI=1S/C19H15N3O4S/c1-26-13-5-3-12(4-6-13)20-18(25)11-2-7-14-15(10-11)27-19(21-14)22-16(23)8-9-17(22)24/h2-7,10H,8-9H2,1H3,(H,20,25). The lowest BCUT2D eigenvalue weighted by atomic mass is 10.2. The zero-order chi connectivity index (χ0) is 19.0. The molecule has 7 nitrogen and oxygen atoms in total. The molecule has 8 heteroatoms. The Morgan fingerprint density at radius 2 is 1.81 bits per heavy atom. The van der Waals surface area contributed by atoms with Gasteiger partial charge in [-0.2, -0.15) is 0 Å². The molecule has 27 heavy (non-hydrogen) atoms. The van der Waals surface area contributed by atoms with Crippen molar-refractivity contribution in [1.82, 2.24) is 4.98 Å². The Morgan fingerprint density at radius 1 is 1.11 bits per heavy atom. The Labute approximate surface area is 158 Å². The van der Waals surface area contributed by atoms with Crippen LogP contribution in [0.3, 0.4) is 0 Å². The molecule has 4 rings (SSSR count). The fraction of sp³-hybridized carbons (Fsp3) is 0.158. The van der Waals surface area contributed by atoms with Gasteiger partial charge in [-0.15, -0.1) is 0 Å². The number of hydrogen-bond donors (Lipinski definition) is 1. The van der Waals surface area contributed by atoms with Crippen molar-refractivity contribution in [2.24, 2.45) is 0 Å². The number of thiazole rings is 1. The van der Waals surface area contributed by atoms with E-state index in [9.17, 15) is 14.4 Å². The van der Waals surface area contributed by atoms with E-state index in [-0.39, 0.29) is 30.6 Å². The number of amides is 3. The lowest BCUT2D eigenvalue weighted by Crippen LogP contribution is -2.28. The Balaban J connectivity index is 1.58. The molecule has 1 N–H and O–H groups in total. The second-order valence-corrected chi connectivity index (χ2v) is 6.99. The number of aromatic nitrogens is 1. The van der Waals surface area contributed by atoms with Crippen molar-refractivity contribution >= 4 is 50.1 Å². The molecular weight excluding hydrogens is 366 g/mol. The first-order chi connectivity index (χ1) is 13.0. The monoisotopic (exact) mass is 381 g/mol. The predicted octanol–water partition coefficient (Wildman–Crippen LogP) is 3.21. The lowest BCUT2D eigenvalue weighted by molar-refractivity contribution is -0.121. The molecule has 3 amide bonds. The van der Waals surface area contributed by atoms with E-state index in [2.05, 4.69) is 10.3 Å². The molecule has 2 heterocycles. The average molecular weight is 381 g/mol. The number of methoxy groups -OCH3 is 1. The molecule has 1 aliphatic rings. The van der Waals surface area contributed by atoms with Gasteiger partial charge in [-0.05, 0) is 42.5 Å². The van der Waals surface area contributed by atoms with Crippen LogP contribution in [0.1, 0.15) is 23.2 Å². The van der Waals surface area contributed by atoms with Gasteiger partial charge in [0, 0.05) is 24.1 Å². The number of fused-ring (bicyclic) bond motifs is 1. The number of ether oxygens (including phenoxy) is 1. The first-order valence-corrected chi connectivity index (χ1v) is 9.08. The van der Waals surface area contributed by atoms with E-state index in [4.69, 9.17) is 4.74 Å². The molecule has 0 aliphatic carbocycles. The van der Waals surface area contributed by atoms with Gasteiger partial charge in [0.15, 0.2) is 5.13 Å². The van der Waals surface area contributed by atoms with Gasteiger partial charge in [-0.3, -0.25) is 14.4 Å². The van der Waals surface area contributed by atoms with Crippen molar-refractivity contribution in [2.45, 2.75) is 12.8 Å². The molecule has 1 fully saturated rings. The summed E-state index contributed by atoms with van der Waals surface area (Å²) < 4.78 is 5.83. The number of rotatable bonds is 4. The molecule has 3 aromatic rings. The molecule has 2 aromatic carbocycles. The van der Waals surface area contributed by atoms with Crippen LogP contribution in [0.25, 0.3) is 10.2 Å². The van der Waals surface area contributed by atoms with E-state index in [1.807, 2.05) is 0 Å². The van der Waals surface area contributed by atoms with E-state index in [1.54, 1.807) is 49.6 Å². The van der Waals surface area contributed by atoms with Crippen molar-refractivity contribution in [3.63, 3.8) is 0 Å². The van der Waals surface area contributed by atoms with E-state index in [0.29, 0.717) is 27.6 Å². The van der Waals surface area contributed by atoms with Crippen molar-refractivity contribution in [1.29, 1.82) is 0 Å². The number of benzene rings is 2. The van der Waals surface area contributed by atoms with Crippen LogP contribution in [-0.2, 0) is 9.59 Å². The molecule has 136 valence electrons. The molecule has 1 aliphatic heterocycles. The maximum absolute atomic E-state index is 12.5. The third-order valence-electron chi connectivity index (χ3n) is 4.23. The van der Waals surface area contributed by atoms with Crippen LogP contribution in [0.4, 0.5) is 10.8 Å². The van der Waals surface area contributed by atoms with E-state index >= 15 is 0 Å². The van der Waals surface area contributed by atoms with Crippen molar-refractivity contribution in [2.75, 3.05) is 17.3 Å². The summed E-state index contributed by atoms with van der Waals surface area (Å²) in [4.78, 5) is 41.8. The summed E-state index contributed by atoms with van der Waals surface area (Å²) in [5.41, 5.74) is 1.76. The SMILES string of the molecule is COc1ccc(NC(=O)c2ccc3nc(N4C(=O)CCC4=O)sc3c2)cc1. The molecule has 0 saturated carbocycles. The Hall–Kier alpha value is -3.26. The number of nitrogens with one attached hydrogen (secondary N) is 1. The summed E-state index contributed by atoms with van der Waals surface area (Å²) in [6.45, 7) is 0. The predicted molar refractivity (Wildman–Crippen MR) is 102 cm³/mol. The van der Waals surface area contributed by atoms with Gasteiger partial charge in [0.2, 0.25) is 11.8 Å². The quantitative estimate of drug-likeness (QED) is 0.701. The van der Waals surface area contributed by atoms with E-state index in [0.717, 1.165) is 9.60 Å². The van der Waals surface area contributed by atoms with Gasteiger partial charge in [-0.25, -0.2) is 9.88 Å². The molecule has 1 aromatic heterocycles. The Morgan fingerprint density at radius 3 is 2.48 bits per heavy atom. The highest BCUT2D eigenvalue weighted by Crippen LogP contribution is 2.32. The van der Waals surface area contributed by atoms with Gasteiger partial charge < -0.3 is 10.1 Å². The molecular formula is C19H15N3O4S. The Kier molecular flexibility index (Phi) is 4.33. The minimum absolute atomic E-state index is 0.213. The topological polar surface area (TPSA) is 88.6 Å². The van der Waals surface area contributed by atoms with Crippen LogP contribution < -0.4 is 15.0 Å². The van der Waals surface area contributed by atoms with Crippen LogP contribution in [0.15, 0.2) is 42.5 Å². The number of hydrogen-bond acceptors (Lipinski definition) is 6. The third kappa shape index (κ3) is 3.26. The van der Waals surface area contributed by atoms with Crippen molar-refractivity contribution < 1.29 is 19.1 Å². The number of carbonyl (C=O) groups is 3. The largest absolute Gasteiger partial charge is 0.497 e. The maximum atomic E-state index is 12.5. The van der Waals surface area contributed by atoms with Crippen LogP contribution in [-0.4, -0.2) is 29.8 Å². The van der Waals surface area contributed by atoms with Crippen LogP contribution in [0.2, 0.25) is 0 Å². The van der Waals surface area contributed by atoms with Crippen LogP contribution >= 0.6 is 11.3 Å². The smallest absolute Gasteiger partial charge is 0.255 e. The summed E-state index contributed by atoms with van der Waals surface area (Å²) >= 11 is 1.22. The summed E-state index contributed by atoms with van der Waals surface area (Å²) in [5.74, 6) is -0.0315.